The lowest BCUT2D eigenvalue weighted by molar-refractivity contribution is 0.0526. The topological polar surface area (TPSA) is 127 Å². The number of fused-ring (bicyclic) bond motifs is 1. The van der Waals surface area contributed by atoms with Crippen molar-refractivity contribution in [3.63, 3.8) is 0 Å². The third-order valence-corrected chi connectivity index (χ3v) is 4.46. The number of carbonyl (C=O) groups excluding carboxylic acids is 3. The van der Waals surface area contributed by atoms with Crippen LogP contribution in [0, 0.1) is 0 Å². The highest BCUT2D eigenvalue weighted by Gasteiger charge is 2.11. The number of anilines is 1. The Morgan fingerprint density at radius 2 is 1.78 bits per heavy atom. The Morgan fingerprint density at radius 1 is 1.06 bits per heavy atom. The second-order valence-corrected chi connectivity index (χ2v) is 7.32. The molecule has 0 bridgehead atoms. The van der Waals surface area contributed by atoms with E-state index in [-0.39, 0.29) is 18.0 Å². The van der Waals surface area contributed by atoms with Crippen molar-refractivity contribution in [2.24, 2.45) is 0 Å². The summed E-state index contributed by atoms with van der Waals surface area (Å²) in [5, 5.41) is 16.5. The molecule has 0 spiro atoms. The van der Waals surface area contributed by atoms with E-state index in [1.54, 1.807) is 54.1 Å². The van der Waals surface area contributed by atoms with E-state index in [2.05, 4.69) is 26.3 Å². The Bertz CT molecular complexity index is 1110. The Hall–Kier alpha value is -3.95. The van der Waals surface area contributed by atoms with Gasteiger partial charge in [0.1, 0.15) is 5.52 Å². The lowest BCUT2D eigenvalue weighted by atomic mass is 10.2. The van der Waals surface area contributed by atoms with E-state index in [4.69, 9.17) is 4.74 Å². The number of carbonyl (C=O) groups is 3. The van der Waals surface area contributed by atoms with E-state index in [0.29, 0.717) is 42.0 Å². The molecule has 0 aliphatic rings. The quantitative estimate of drug-likeness (QED) is 0.464. The van der Waals surface area contributed by atoms with Gasteiger partial charge >= 0.3 is 12.0 Å². The first-order valence-corrected chi connectivity index (χ1v) is 10.3. The molecule has 3 aromatic rings. The molecule has 10 heteroatoms. The zero-order chi connectivity index (χ0) is 23.1. The number of hydrogen-bond donors (Lipinski definition) is 3. The van der Waals surface area contributed by atoms with Gasteiger partial charge in [0.25, 0.3) is 5.91 Å². The minimum Gasteiger partial charge on any atom is -0.462 e. The van der Waals surface area contributed by atoms with Crippen molar-refractivity contribution in [3.8, 4) is 0 Å². The van der Waals surface area contributed by atoms with E-state index in [1.807, 2.05) is 13.8 Å². The molecule has 32 heavy (non-hydrogen) atoms. The first-order chi connectivity index (χ1) is 15.4. The van der Waals surface area contributed by atoms with E-state index in [1.165, 1.54) is 0 Å². The Labute approximate surface area is 185 Å². The molecule has 2 aromatic carbocycles. The molecule has 3 N–H and O–H groups in total. The molecule has 0 radical (unpaired) electrons. The van der Waals surface area contributed by atoms with Crippen LogP contribution in [0.3, 0.4) is 0 Å². The standard InChI is InChI=1S/C22H26N6O4/c1-4-32-21(30)15-5-8-17(9-6-15)25-22(31)23-11-12-28-19-10-7-16(13-18(19)26-27-28)20(29)24-14(2)3/h5-10,13-14H,4,11-12H2,1-3H3,(H,24,29)(H2,23,25,31). The number of esters is 1. The van der Waals surface area contributed by atoms with Crippen LogP contribution in [0.25, 0.3) is 11.0 Å². The van der Waals surface area contributed by atoms with Gasteiger partial charge < -0.3 is 20.7 Å². The minimum absolute atomic E-state index is 0.0432. The molecule has 3 rings (SSSR count). The van der Waals surface area contributed by atoms with E-state index in [9.17, 15) is 14.4 Å². The largest absolute Gasteiger partial charge is 0.462 e. The first-order valence-electron chi connectivity index (χ1n) is 10.3. The number of benzene rings is 2. The van der Waals surface area contributed by atoms with Crippen molar-refractivity contribution >= 4 is 34.6 Å². The summed E-state index contributed by atoms with van der Waals surface area (Å²) in [7, 11) is 0. The van der Waals surface area contributed by atoms with Crippen molar-refractivity contribution in [2.75, 3.05) is 18.5 Å². The lowest BCUT2D eigenvalue weighted by Gasteiger charge is -2.09. The molecule has 0 aliphatic heterocycles. The van der Waals surface area contributed by atoms with Crippen LogP contribution in [-0.2, 0) is 11.3 Å². The van der Waals surface area contributed by atoms with Gasteiger partial charge in [0.15, 0.2) is 0 Å². The van der Waals surface area contributed by atoms with Gasteiger partial charge in [-0.3, -0.25) is 4.79 Å². The maximum atomic E-state index is 12.1. The highest BCUT2D eigenvalue weighted by molar-refractivity contribution is 5.97. The summed E-state index contributed by atoms with van der Waals surface area (Å²) < 4.78 is 6.59. The van der Waals surface area contributed by atoms with Crippen LogP contribution in [0.1, 0.15) is 41.5 Å². The van der Waals surface area contributed by atoms with Crippen LogP contribution in [0.15, 0.2) is 42.5 Å². The van der Waals surface area contributed by atoms with Gasteiger partial charge in [-0.1, -0.05) is 5.21 Å². The molecule has 3 amide bonds. The van der Waals surface area contributed by atoms with Crippen molar-refractivity contribution < 1.29 is 19.1 Å². The van der Waals surface area contributed by atoms with Gasteiger partial charge in [-0.2, -0.15) is 0 Å². The maximum Gasteiger partial charge on any atom is 0.338 e. The molecule has 0 saturated carbocycles. The van der Waals surface area contributed by atoms with E-state index >= 15 is 0 Å². The smallest absolute Gasteiger partial charge is 0.338 e. The van der Waals surface area contributed by atoms with Gasteiger partial charge in [0.05, 0.1) is 24.2 Å². The molecule has 10 nitrogen and oxygen atoms in total. The average molecular weight is 438 g/mol. The predicted octanol–water partition coefficient (Wildman–Crippen LogP) is 2.57. The number of rotatable bonds is 8. The van der Waals surface area contributed by atoms with Crippen molar-refractivity contribution in [1.82, 2.24) is 25.6 Å². The second-order valence-electron chi connectivity index (χ2n) is 7.32. The summed E-state index contributed by atoms with van der Waals surface area (Å²) in [6, 6.07) is 11.3. The molecule has 0 unspecified atom stereocenters. The van der Waals surface area contributed by atoms with Crippen LogP contribution in [0.5, 0.6) is 0 Å². The Kier molecular flexibility index (Phi) is 7.37. The first kappa shape index (κ1) is 22.7. The lowest BCUT2D eigenvalue weighted by Crippen LogP contribution is -2.31. The number of nitrogens with zero attached hydrogens (tertiary/aromatic N) is 3. The highest BCUT2D eigenvalue weighted by Crippen LogP contribution is 2.14. The Balaban J connectivity index is 1.52. The second kappa shape index (κ2) is 10.4. The van der Waals surface area contributed by atoms with Crippen molar-refractivity contribution in [3.05, 3.63) is 53.6 Å². The summed E-state index contributed by atoms with van der Waals surface area (Å²) in [6.07, 6.45) is 0. The molecular formula is C22H26N6O4. The minimum atomic E-state index is -0.406. The summed E-state index contributed by atoms with van der Waals surface area (Å²) >= 11 is 0. The van der Waals surface area contributed by atoms with Crippen molar-refractivity contribution in [1.29, 1.82) is 0 Å². The van der Waals surface area contributed by atoms with Gasteiger partial charge in [-0.15, -0.1) is 5.10 Å². The summed E-state index contributed by atoms with van der Waals surface area (Å²) in [4.78, 5) is 35.9. The fourth-order valence-electron chi connectivity index (χ4n) is 2.98. The molecule has 0 atom stereocenters. The molecule has 0 fully saturated rings. The molecular weight excluding hydrogens is 412 g/mol. The van der Waals surface area contributed by atoms with E-state index in [0.717, 1.165) is 5.52 Å². The van der Waals surface area contributed by atoms with Crippen LogP contribution < -0.4 is 16.0 Å². The Morgan fingerprint density at radius 3 is 2.47 bits per heavy atom. The highest BCUT2D eigenvalue weighted by atomic mass is 16.5. The van der Waals surface area contributed by atoms with Gasteiger partial charge in [-0.25, -0.2) is 14.3 Å². The van der Waals surface area contributed by atoms with Crippen LogP contribution in [0.2, 0.25) is 0 Å². The summed E-state index contributed by atoms with van der Waals surface area (Å²) in [5.74, 6) is -0.568. The fourth-order valence-corrected chi connectivity index (χ4v) is 2.98. The molecule has 168 valence electrons. The number of aromatic nitrogens is 3. The monoisotopic (exact) mass is 438 g/mol. The number of urea groups is 1. The predicted molar refractivity (Wildman–Crippen MR) is 120 cm³/mol. The fraction of sp³-hybridized carbons (Fsp3) is 0.318. The number of amides is 3. The SMILES string of the molecule is CCOC(=O)c1ccc(NC(=O)NCCn2nnc3cc(C(=O)NC(C)C)ccc32)cc1. The molecule has 1 heterocycles. The van der Waals surface area contributed by atoms with Gasteiger partial charge in [-0.05, 0) is 63.2 Å². The third kappa shape index (κ3) is 5.81. The number of nitrogens with one attached hydrogen (secondary N) is 3. The van der Waals surface area contributed by atoms with E-state index < -0.39 is 5.97 Å². The van der Waals surface area contributed by atoms with Crippen molar-refractivity contribution in [2.45, 2.75) is 33.4 Å². The van der Waals surface area contributed by atoms with Gasteiger partial charge in [0.2, 0.25) is 0 Å². The number of hydrogen-bond acceptors (Lipinski definition) is 6. The zero-order valence-electron chi connectivity index (χ0n) is 18.2. The van der Waals surface area contributed by atoms with Crippen LogP contribution >= 0.6 is 0 Å². The van der Waals surface area contributed by atoms with Crippen LogP contribution in [0.4, 0.5) is 10.5 Å². The zero-order valence-corrected chi connectivity index (χ0v) is 18.2. The van der Waals surface area contributed by atoms with Crippen LogP contribution in [-0.4, -0.2) is 52.1 Å². The molecule has 1 aromatic heterocycles. The normalized spacial score (nSPS) is 10.8. The maximum absolute atomic E-state index is 12.1. The molecule has 0 saturated heterocycles. The van der Waals surface area contributed by atoms with Gasteiger partial charge in [0, 0.05) is 23.8 Å². The summed E-state index contributed by atoms with van der Waals surface area (Å²) in [6.45, 7) is 6.56. The molecule has 0 aliphatic carbocycles. The summed E-state index contributed by atoms with van der Waals surface area (Å²) in [5.41, 5.74) is 2.86. The average Bonchev–Trinajstić information content (AvgIpc) is 3.16. The number of ether oxygens (including phenoxy) is 1. The third-order valence-electron chi connectivity index (χ3n) is 4.46.